The van der Waals surface area contributed by atoms with Crippen LogP contribution >= 0.6 is 35.4 Å². The number of non-ortho nitro benzene ring substituents is 1. The molecule has 0 atom stereocenters. The molecule has 24 heavy (non-hydrogen) atoms. The van der Waals surface area contributed by atoms with Gasteiger partial charge in [0.1, 0.15) is 5.69 Å². The lowest BCUT2D eigenvalue weighted by atomic mass is 10.2. The quantitative estimate of drug-likeness (QED) is 0.318. The van der Waals surface area contributed by atoms with Crippen molar-refractivity contribution >= 4 is 57.8 Å². The summed E-state index contributed by atoms with van der Waals surface area (Å²) in [5.74, 6) is -1.09. The normalized spacial score (nSPS) is 10.3. The summed E-state index contributed by atoms with van der Waals surface area (Å²) in [6.45, 7) is 0. The number of carbonyl (C=O) groups is 1. The number of nitro groups is 1. The van der Waals surface area contributed by atoms with Crippen molar-refractivity contribution < 1.29 is 14.8 Å². The van der Waals surface area contributed by atoms with Gasteiger partial charge < -0.3 is 10.4 Å². The molecule has 1 heterocycles. The van der Waals surface area contributed by atoms with Crippen LogP contribution in [0.1, 0.15) is 10.5 Å². The van der Waals surface area contributed by atoms with Crippen molar-refractivity contribution in [1.29, 1.82) is 0 Å². The minimum Gasteiger partial charge on any atom is -0.504 e. The number of aromatic nitrogens is 2. The third-order valence-corrected chi connectivity index (χ3v) is 3.61. The Bertz CT molecular complexity index is 835. The molecule has 1 aromatic carbocycles. The van der Waals surface area contributed by atoms with Crippen molar-refractivity contribution in [2.24, 2.45) is 7.05 Å². The van der Waals surface area contributed by atoms with E-state index in [1.165, 1.54) is 17.9 Å². The summed E-state index contributed by atoms with van der Waals surface area (Å²) in [5.41, 5.74) is -0.415. The van der Waals surface area contributed by atoms with Crippen LogP contribution in [-0.2, 0) is 7.05 Å². The largest absolute Gasteiger partial charge is 0.504 e. The monoisotopic (exact) mass is 389 g/mol. The van der Waals surface area contributed by atoms with E-state index in [0.29, 0.717) is 0 Å². The van der Waals surface area contributed by atoms with Gasteiger partial charge in [-0.1, -0.05) is 23.2 Å². The lowest BCUT2D eigenvalue weighted by Crippen LogP contribution is -2.35. The number of carbonyl (C=O) groups excluding carboxylic acids is 1. The fourth-order valence-electron chi connectivity index (χ4n) is 1.77. The molecule has 9 nitrogen and oxygen atoms in total. The van der Waals surface area contributed by atoms with E-state index in [4.69, 9.17) is 35.4 Å². The lowest BCUT2D eigenvalue weighted by molar-refractivity contribution is -0.384. The molecule has 0 radical (unpaired) electrons. The maximum Gasteiger partial charge on any atom is 0.277 e. The molecule has 126 valence electrons. The van der Waals surface area contributed by atoms with Gasteiger partial charge >= 0.3 is 0 Å². The molecule has 2 aromatic rings. The molecule has 1 aromatic heterocycles. The first-order chi connectivity index (χ1) is 11.2. The molecule has 0 saturated heterocycles. The van der Waals surface area contributed by atoms with Crippen molar-refractivity contribution in [3.8, 4) is 5.75 Å². The minimum absolute atomic E-state index is 0.0714. The van der Waals surface area contributed by atoms with Gasteiger partial charge in [0.15, 0.2) is 10.9 Å². The number of amides is 1. The van der Waals surface area contributed by atoms with Crippen LogP contribution in [0.3, 0.4) is 0 Å². The average Bonchev–Trinajstić information content (AvgIpc) is 2.82. The van der Waals surface area contributed by atoms with Crippen LogP contribution < -0.4 is 10.6 Å². The van der Waals surface area contributed by atoms with Crippen LogP contribution in [-0.4, -0.2) is 30.8 Å². The zero-order valence-electron chi connectivity index (χ0n) is 11.9. The van der Waals surface area contributed by atoms with Gasteiger partial charge in [0.2, 0.25) is 0 Å². The summed E-state index contributed by atoms with van der Waals surface area (Å²) in [5, 5.41) is 28.9. The fourth-order valence-corrected chi connectivity index (χ4v) is 2.44. The summed E-state index contributed by atoms with van der Waals surface area (Å²) < 4.78 is 1.25. The summed E-state index contributed by atoms with van der Waals surface area (Å²) >= 11 is 16.5. The fraction of sp³-hybridized carbons (Fsp3) is 0.0833. The number of thiocarbonyl (C=S) groups is 1. The topological polar surface area (TPSA) is 122 Å². The van der Waals surface area contributed by atoms with E-state index in [9.17, 15) is 20.0 Å². The first kappa shape index (κ1) is 17.9. The van der Waals surface area contributed by atoms with E-state index < -0.39 is 16.6 Å². The van der Waals surface area contributed by atoms with Crippen molar-refractivity contribution in [3.63, 3.8) is 0 Å². The van der Waals surface area contributed by atoms with Crippen molar-refractivity contribution in [3.05, 3.63) is 44.2 Å². The molecular weight excluding hydrogens is 381 g/mol. The van der Waals surface area contributed by atoms with Gasteiger partial charge in [-0.05, 0) is 12.2 Å². The molecule has 12 heteroatoms. The molecule has 2 rings (SSSR count). The Morgan fingerprint density at radius 3 is 2.62 bits per heavy atom. The number of hydrogen-bond acceptors (Lipinski definition) is 6. The number of nitrogens with zero attached hydrogens (tertiary/aromatic N) is 3. The smallest absolute Gasteiger partial charge is 0.277 e. The number of hydrogen-bond donors (Lipinski definition) is 3. The number of phenolic OH excluding ortho intramolecular Hbond substituents is 1. The van der Waals surface area contributed by atoms with Crippen LogP contribution in [0.5, 0.6) is 5.75 Å². The Morgan fingerprint density at radius 1 is 1.42 bits per heavy atom. The van der Waals surface area contributed by atoms with Gasteiger partial charge in [0.05, 0.1) is 26.9 Å². The molecule has 0 fully saturated rings. The molecule has 0 saturated carbocycles. The van der Waals surface area contributed by atoms with E-state index in [1.807, 2.05) is 0 Å². The summed E-state index contributed by atoms with van der Waals surface area (Å²) in [6.07, 6.45) is 1.29. The molecular formula is C12H9Cl2N5O4S. The average molecular weight is 390 g/mol. The van der Waals surface area contributed by atoms with Gasteiger partial charge in [0, 0.05) is 19.2 Å². The van der Waals surface area contributed by atoms with Crippen LogP contribution in [0.15, 0.2) is 18.3 Å². The number of phenols is 1. The lowest BCUT2D eigenvalue weighted by Gasteiger charge is -2.11. The van der Waals surface area contributed by atoms with Crippen LogP contribution in [0, 0.1) is 10.1 Å². The van der Waals surface area contributed by atoms with E-state index in [1.54, 1.807) is 0 Å². The number of rotatable bonds is 3. The molecule has 0 bridgehead atoms. The first-order valence-corrected chi connectivity index (χ1v) is 7.34. The highest BCUT2D eigenvalue weighted by atomic mass is 35.5. The predicted molar refractivity (Wildman–Crippen MR) is 91.7 cm³/mol. The van der Waals surface area contributed by atoms with Crippen molar-refractivity contribution in [2.45, 2.75) is 0 Å². The van der Waals surface area contributed by atoms with Gasteiger partial charge in [0.25, 0.3) is 11.6 Å². The predicted octanol–water partition coefficient (Wildman–Crippen LogP) is 2.47. The summed E-state index contributed by atoms with van der Waals surface area (Å²) in [6, 6.07) is 2.01. The molecule has 1 amide bonds. The standard InChI is InChI=1S/C12H9Cl2N5O4S/c1-18-9(7(14)4-15-18)11(21)17-12(24)16-8-3-5(19(22)23)2-6(13)10(8)20/h2-4,20H,1H3,(H2,16,17,21,24). The van der Waals surface area contributed by atoms with Gasteiger partial charge in [-0.15, -0.1) is 0 Å². The van der Waals surface area contributed by atoms with Crippen LogP contribution in [0.2, 0.25) is 10.0 Å². The maximum absolute atomic E-state index is 12.1. The third-order valence-electron chi connectivity index (χ3n) is 2.84. The SMILES string of the molecule is Cn1ncc(Cl)c1C(=O)NC(=S)Nc1cc([N+](=O)[O-])cc(Cl)c1O. The van der Waals surface area contributed by atoms with E-state index in [-0.39, 0.29) is 32.2 Å². The summed E-state index contributed by atoms with van der Waals surface area (Å²) in [7, 11) is 1.52. The first-order valence-electron chi connectivity index (χ1n) is 6.17. The number of benzene rings is 1. The molecule has 0 aliphatic heterocycles. The zero-order chi connectivity index (χ0) is 18.0. The second-order valence-electron chi connectivity index (χ2n) is 4.45. The zero-order valence-corrected chi connectivity index (χ0v) is 14.2. The number of aromatic hydroxyl groups is 1. The Hall–Kier alpha value is -2.43. The van der Waals surface area contributed by atoms with E-state index >= 15 is 0 Å². The minimum atomic E-state index is -0.687. The molecule has 0 spiro atoms. The van der Waals surface area contributed by atoms with E-state index in [0.717, 1.165) is 12.1 Å². The number of aryl methyl sites for hydroxylation is 1. The second kappa shape index (κ2) is 6.99. The molecule has 0 aliphatic carbocycles. The van der Waals surface area contributed by atoms with Crippen LogP contribution in [0.4, 0.5) is 11.4 Å². The Labute approximate surface area is 150 Å². The third kappa shape index (κ3) is 3.72. The second-order valence-corrected chi connectivity index (χ2v) is 5.68. The van der Waals surface area contributed by atoms with E-state index in [2.05, 4.69) is 15.7 Å². The Balaban J connectivity index is 2.18. The van der Waals surface area contributed by atoms with Crippen molar-refractivity contribution in [1.82, 2.24) is 15.1 Å². The number of halogens is 2. The van der Waals surface area contributed by atoms with Gasteiger partial charge in [-0.2, -0.15) is 5.10 Å². The highest BCUT2D eigenvalue weighted by molar-refractivity contribution is 7.80. The number of nitro benzene ring substituents is 1. The molecule has 3 N–H and O–H groups in total. The molecule has 0 aliphatic rings. The summed E-state index contributed by atoms with van der Waals surface area (Å²) in [4.78, 5) is 22.2. The molecule has 0 unspecified atom stereocenters. The highest BCUT2D eigenvalue weighted by Gasteiger charge is 2.19. The Morgan fingerprint density at radius 2 is 2.08 bits per heavy atom. The highest BCUT2D eigenvalue weighted by Crippen LogP contribution is 2.35. The Kier molecular flexibility index (Phi) is 5.22. The van der Waals surface area contributed by atoms with Gasteiger partial charge in [-0.25, -0.2) is 0 Å². The van der Waals surface area contributed by atoms with Gasteiger partial charge in [-0.3, -0.25) is 24.9 Å². The maximum atomic E-state index is 12.1. The number of nitrogens with one attached hydrogen (secondary N) is 2. The van der Waals surface area contributed by atoms with Crippen LogP contribution in [0.25, 0.3) is 0 Å². The van der Waals surface area contributed by atoms with Crippen molar-refractivity contribution in [2.75, 3.05) is 5.32 Å². The number of anilines is 1.